The van der Waals surface area contributed by atoms with E-state index in [1.807, 2.05) is 60.7 Å². The molecule has 2 unspecified atom stereocenters. The maximum Gasteiger partial charge on any atom is 0.472 e. The number of rotatable bonds is 46. The molecule has 0 aliphatic rings. The predicted octanol–water partition coefficient (Wildman–Crippen LogP) is 12.6. The maximum absolute atomic E-state index is 13.2. The molecular weight excluding hydrogens is 970 g/mol. The summed E-state index contributed by atoms with van der Waals surface area (Å²) in [6.07, 6.45) is 23.0. The van der Waals surface area contributed by atoms with Crippen molar-refractivity contribution >= 4 is 56.5 Å². The zero-order chi connectivity index (χ0) is 49.9. The largest absolute Gasteiger partial charge is 0.472 e. The normalized spacial score (nSPS) is 12.7. The van der Waals surface area contributed by atoms with Gasteiger partial charge in [0.25, 0.3) is 0 Å². The Morgan fingerprint density at radius 1 is 0.451 bits per heavy atom. The zero-order valence-electron chi connectivity index (χ0n) is 43.2. The summed E-state index contributed by atoms with van der Waals surface area (Å²) in [5.41, 5.74) is 2.10. The molecule has 2 aromatic carbocycles. The molecule has 0 radical (unpaired) electrons. The molecule has 0 amide bonds. The van der Waals surface area contributed by atoms with E-state index in [4.69, 9.17) is 28.0 Å². The monoisotopic (exact) mass is 1060 g/mol. The number of phosphoric acid groups is 1. The molecule has 0 aromatic heterocycles. The van der Waals surface area contributed by atoms with Crippen LogP contribution >= 0.6 is 32.6 Å². The first-order valence-electron chi connectivity index (χ1n) is 26.4. The zero-order valence-corrected chi connectivity index (χ0v) is 45.7. The van der Waals surface area contributed by atoms with Crippen molar-refractivity contribution in [2.24, 2.45) is 0 Å². The van der Waals surface area contributed by atoms with Crippen LogP contribution in [-0.4, -0.2) is 80.5 Å². The number of halogens is 2. The van der Waals surface area contributed by atoms with Gasteiger partial charge in [-0.1, -0.05) is 203 Å². The number of nitrogens with one attached hydrogen (secondary N) is 2. The van der Waals surface area contributed by atoms with Gasteiger partial charge in [0.1, 0.15) is 13.2 Å². The second-order valence-corrected chi connectivity index (χ2v) is 19.5. The van der Waals surface area contributed by atoms with Gasteiger partial charge in [0, 0.05) is 39.0 Å². The smallest absolute Gasteiger partial charge is 0.462 e. The molecule has 0 saturated heterocycles. The lowest BCUT2D eigenvalue weighted by molar-refractivity contribution is -0.162. The number of esters is 4. The molecule has 0 spiro atoms. The Bertz CT molecular complexity index is 1650. The van der Waals surface area contributed by atoms with E-state index in [-0.39, 0.29) is 57.1 Å². The lowest BCUT2D eigenvalue weighted by Crippen LogP contribution is -2.32. The first kappa shape index (κ1) is 67.9. The summed E-state index contributed by atoms with van der Waals surface area (Å²) >= 11 is 0. The van der Waals surface area contributed by atoms with Gasteiger partial charge >= 0.3 is 31.7 Å². The van der Waals surface area contributed by atoms with Crippen LogP contribution in [0.15, 0.2) is 60.7 Å². The summed E-state index contributed by atoms with van der Waals surface area (Å²) in [5.74, 6) is -2.20. The van der Waals surface area contributed by atoms with Crippen LogP contribution in [0.3, 0.4) is 0 Å². The molecule has 3 N–H and O–H groups in total. The summed E-state index contributed by atoms with van der Waals surface area (Å²) in [6, 6.07) is 19.4. The molecular formula is C54H91Cl2N2O12P. The molecule has 0 bridgehead atoms. The second kappa shape index (κ2) is 46.7. The van der Waals surface area contributed by atoms with E-state index >= 15 is 0 Å². The van der Waals surface area contributed by atoms with Crippen molar-refractivity contribution in [1.82, 2.24) is 10.6 Å². The number of hydrogen-bond acceptors (Lipinski definition) is 13. The van der Waals surface area contributed by atoms with Crippen molar-refractivity contribution in [2.45, 2.75) is 206 Å². The summed E-state index contributed by atoms with van der Waals surface area (Å²) in [4.78, 5) is 61.9. The molecule has 14 nitrogen and oxygen atoms in total. The van der Waals surface area contributed by atoms with E-state index < -0.39 is 63.7 Å². The minimum atomic E-state index is -4.87. The fourth-order valence-corrected chi connectivity index (χ4v) is 8.32. The Labute approximate surface area is 439 Å². The van der Waals surface area contributed by atoms with Crippen LogP contribution in [-0.2, 0) is 64.8 Å². The van der Waals surface area contributed by atoms with Crippen LogP contribution in [0.4, 0.5) is 0 Å². The van der Waals surface area contributed by atoms with E-state index in [9.17, 15) is 28.6 Å². The van der Waals surface area contributed by atoms with Crippen molar-refractivity contribution in [3.05, 3.63) is 71.8 Å². The fourth-order valence-electron chi connectivity index (χ4n) is 7.54. The molecule has 0 aliphatic carbocycles. The minimum Gasteiger partial charge on any atom is -0.462 e. The minimum absolute atomic E-state index is 0. The SMILES string of the molecule is CCCCCCCCCCCCCC(=O)OC[C@H](COP(=O)(O)OCC(COC(=O)CCNCc1ccccc1)OC(=O)CCNCc1ccccc1)OC(=O)CCCCCCCCCCCCC.Cl.Cl. The molecule has 17 heteroatoms. The molecule has 3 atom stereocenters. The van der Waals surface area contributed by atoms with Crippen LogP contribution in [0.1, 0.15) is 192 Å². The lowest BCUT2D eigenvalue weighted by atomic mass is 10.1. The highest BCUT2D eigenvalue weighted by Crippen LogP contribution is 2.43. The molecule has 71 heavy (non-hydrogen) atoms. The average Bonchev–Trinajstić information content (AvgIpc) is 3.35. The van der Waals surface area contributed by atoms with Gasteiger partial charge in [-0.05, 0) is 24.0 Å². The number of carbonyl (C=O) groups excluding carboxylic acids is 4. The van der Waals surface area contributed by atoms with Crippen molar-refractivity contribution in [2.75, 3.05) is 39.5 Å². The fraction of sp³-hybridized carbons (Fsp3) is 0.704. The van der Waals surface area contributed by atoms with Crippen LogP contribution in [0.25, 0.3) is 0 Å². The number of ether oxygens (including phenoxy) is 4. The number of carbonyl (C=O) groups is 4. The quantitative estimate of drug-likeness (QED) is 0.0246. The molecule has 2 aromatic rings. The first-order valence-corrected chi connectivity index (χ1v) is 27.9. The van der Waals surface area contributed by atoms with E-state index in [1.165, 1.54) is 89.9 Å². The van der Waals surface area contributed by atoms with Crippen molar-refractivity contribution < 1.29 is 56.6 Å². The van der Waals surface area contributed by atoms with Gasteiger partial charge in [-0.3, -0.25) is 28.2 Å². The molecule has 0 aliphatic heterocycles. The van der Waals surface area contributed by atoms with Gasteiger partial charge in [0.2, 0.25) is 0 Å². The average molecular weight is 1060 g/mol. The molecule has 0 fully saturated rings. The Balaban J connectivity index is 0.0000245. The molecule has 0 saturated carbocycles. The van der Waals surface area contributed by atoms with Crippen LogP contribution in [0.5, 0.6) is 0 Å². The molecule has 408 valence electrons. The van der Waals surface area contributed by atoms with Gasteiger partial charge in [0.15, 0.2) is 12.2 Å². The summed E-state index contributed by atoms with van der Waals surface area (Å²) < 4.78 is 45.7. The Kier molecular flexibility index (Phi) is 44.7. The highest BCUT2D eigenvalue weighted by atomic mass is 35.5. The molecule has 2 rings (SSSR count). The Hall–Kier alpha value is -3.07. The summed E-state index contributed by atoms with van der Waals surface area (Å²) in [5, 5.41) is 6.35. The number of unbranched alkanes of at least 4 members (excludes halogenated alkanes) is 20. The van der Waals surface area contributed by atoms with E-state index in [1.54, 1.807) is 0 Å². The first-order chi connectivity index (χ1) is 33.6. The number of benzene rings is 2. The number of phosphoric ester groups is 1. The highest BCUT2D eigenvalue weighted by Gasteiger charge is 2.29. The van der Waals surface area contributed by atoms with Crippen LogP contribution < -0.4 is 10.6 Å². The summed E-state index contributed by atoms with van der Waals surface area (Å²) in [7, 11) is -4.87. The highest BCUT2D eigenvalue weighted by molar-refractivity contribution is 7.47. The van der Waals surface area contributed by atoms with Crippen molar-refractivity contribution in [3.63, 3.8) is 0 Å². The van der Waals surface area contributed by atoms with Crippen molar-refractivity contribution in [3.8, 4) is 0 Å². The second-order valence-electron chi connectivity index (χ2n) is 18.0. The lowest BCUT2D eigenvalue weighted by Gasteiger charge is -2.22. The van der Waals surface area contributed by atoms with E-state index in [0.717, 1.165) is 49.7 Å². The third kappa shape index (κ3) is 41.0. The number of hydrogen-bond donors (Lipinski definition) is 3. The van der Waals surface area contributed by atoms with E-state index in [0.29, 0.717) is 39.0 Å². The van der Waals surface area contributed by atoms with Gasteiger partial charge in [-0.2, -0.15) is 0 Å². The Morgan fingerprint density at radius 3 is 1.14 bits per heavy atom. The van der Waals surface area contributed by atoms with Gasteiger partial charge in [-0.15, -0.1) is 24.8 Å². The van der Waals surface area contributed by atoms with E-state index in [2.05, 4.69) is 24.5 Å². The van der Waals surface area contributed by atoms with Crippen molar-refractivity contribution in [1.29, 1.82) is 0 Å². The third-order valence-electron chi connectivity index (χ3n) is 11.6. The Morgan fingerprint density at radius 2 is 0.761 bits per heavy atom. The topological polar surface area (TPSA) is 185 Å². The summed E-state index contributed by atoms with van der Waals surface area (Å²) in [6.45, 7) is 4.11. The van der Waals surface area contributed by atoms with Crippen LogP contribution in [0.2, 0.25) is 0 Å². The third-order valence-corrected chi connectivity index (χ3v) is 12.6. The van der Waals surface area contributed by atoms with Crippen LogP contribution in [0, 0.1) is 0 Å². The standard InChI is InChI=1S/C54H89N2O12P.2ClH/c1-3-5-7-9-11-13-15-17-19-21-29-35-51(57)63-43-49(67-53(59)36-30-22-20-18-16-14-12-10-8-6-4-2)45-65-69(61,62)66-46-50(68-54(60)38-40-56-42-48-33-27-24-28-34-48)44-64-52(58)37-39-55-41-47-31-25-23-26-32-47;;/h23-28,31-34,49-50,55-56H,3-22,29-30,35-46H2,1-2H3,(H,61,62);2*1H/t49-,50?;;/m1../s1. The molecule has 0 heterocycles. The predicted molar refractivity (Wildman–Crippen MR) is 286 cm³/mol. The maximum atomic E-state index is 13.2. The van der Waals surface area contributed by atoms with Gasteiger partial charge < -0.3 is 34.5 Å². The van der Waals surface area contributed by atoms with Gasteiger partial charge in [0.05, 0.1) is 26.1 Å². The van der Waals surface area contributed by atoms with Gasteiger partial charge in [-0.25, -0.2) is 4.57 Å².